The highest BCUT2D eigenvalue weighted by Crippen LogP contribution is 2.48. The third-order valence-corrected chi connectivity index (χ3v) is 3.91. The van der Waals surface area contributed by atoms with Crippen LogP contribution in [-0.4, -0.2) is 25.8 Å². The van der Waals surface area contributed by atoms with Gasteiger partial charge in [0.2, 0.25) is 0 Å². The first-order valence-corrected chi connectivity index (χ1v) is 7.45. The lowest BCUT2D eigenvalue weighted by molar-refractivity contribution is 0.244. The van der Waals surface area contributed by atoms with Crippen molar-refractivity contribution >= 4 is 0 Å². The Hall–Kier alpha value is -1.22. The van der Waals surface area contributed by atoms with Crippen LogP contribution in [-0.2, 0) is 0 Å². The molecule has 0 radical (unpaired) electrons. The van der Waals surface area contributed by atoms with Crippen molar-refractivity contribution in [1.29, 1.82) is 0 Å². The zero-order valence-electron chi connectivity index (χ0n) is 13.2. The predicted octanol–water partition coefficient (Wildman–Crippen LogP) is 3.63. The van der Waals surface area contributed by atoms with Gasteiger partial charge in [-0.15, -0.1) is 0 Å². The summed E-state index contributed by atoms with van der Waals surface area (Å²) in [5.41, 5.74) is 0.647. The molecule has 1 aromatic rings. The molecule has 1 saturated carbocycles. The summed E-state index contributed by atoms with van der Waals surface area (Å²) in [6, 6.07) is 7.84. The SMILES string of the molecule is COc1ccccc1OCCC1(CNC(C)(C)C)CC1. The zero-order valence-corrected chi connectivity index (χ0v) is 13.2. The fraction of sp³-hybridized carbons (Fsp3) is 0.647. The van der Waals surface area contributed by atoms with Crippen molar-refractivity contribution < 1.29 is 9.47 Å². The van der Waals surface area contributed by atoms with Gasteiger partial charge in [-0.2, -0.15) is 0 Å². The molecule has 2 rings (SSSR count). The van der Waals surface area contributed by atoms with E-state index in [1.54, 1.807) is 7.11 Å². The van der Waals surface area contributed by atoms with E-state index in [2.05, 4.69) is 26.1 Å². The van der Waals surface area contributed by atoms with Crippen LogP contribution in [0.3, 0.4) is 0 Å². The van der Waals surface area contributed by atoms with Crippen molar-refractivity contribution in [2.75, 3.05) is 20.3 Å². The van der Waals surface area contributed by atoms with E-state index >= 15 is 0 Å². The Morgan fingerprint density at radius 3 is 2.35 bits per heavy atom. The quantitative estimate of drug-likeness (QED) is 0.825. The summed E-state index contributed by atoms with van der Waals surface area (Å²) in [5, 5.41) is 3.62. The molecule has 3 heteroatoms. The monoisotopic (exact) mass is 277 g/mol. The van der Waals surface area contributed by atoms with Gasteiger partial charge in [-0.3, -0.25) is 0 Å². The summed E-state index contributed by atoms with van der Waals surface area (Å²) >= 11 is 0. The minimum Gasteiger partial charge on any atom is -0.493 e. The van der Waals surface area contributed by atoms with Gasteiger partial charge in [-0.05, 0) is 57.6 Å². The summed E-state index contributed by atoms with van der Waals surface area (Å²) < 4.78 is 11.2. The van der Waals surface area contributed by atoms with Crippen molar-refractivity contribution in [2.24, 2.45) is 5.41 Å². The van der Waals surface area contributed by atoms with Crippen LogP contribution in [0.5, 0.6) is 11.5 Å². The molecule has 3 nitrogen and oxygen atoms in total. The molecule has 1 aliphatic carbocycles. The molecule has 0 saturated heterocycles. The van der Waals surface area contributed by atoms with Gasteiger partial charge in [0.25, 0.3) is 0 Å². The number of rotatable bonds is 7. The van der Waals surface area contributed by atoms with Crippen LogP contribution in [0, 0.1) is 5.41 Å². The third kappa shape index (κ3) is 4.41. The van der Waals surface area contributed by atoms with Crippen LogP contribution in [0.2, 0.25) is 0 Å². The van der Waals surface area contributed by atoms with Crippen molar-refractivity contribution in [3.8, 4) is 11.5 Å². The van der Waals surface area contributed by atoms with Crippen molar-refractivity contribution in [3.63, 3.8) is 0 Å². The topological polar surface area (TPSA) is 30.5 Å². The van der Waals surface area contributed by atoms with Gasteiger partial charge in [0.05, 0.1) is 13.7 Å². The lowest BCUT2D eigenvalue weighted by Gasteiger charge is -2.25. The van der Waals surface area contributed by atoms with E-state index < -0.39 is 0 Å². The Labute approximate surface area is 122 Å². The molecule has 0 spiro atoms. The molecule has 20 heavy (non-hydrogen) atoms. The van der Waals surface area contributed by atoms with E-state index in [1.807, 2.05) is 24.3 Å². The highest BCUT2D eigenvalue weighted by molar-refractivity contribution is 5.39. The maximum Gasteiger partial charge on any atom is 0.161 e. The third-order valence-electron chi connectivity index (χ3n) is 3.91. The van der Waals surface area contributed by atoms with Gasteiger partial charge in [-0.25, -0.2) is 0 Å². The number of para-hydroxylation sites is 2. The van der Waals surface area contributed by atoms with Gasteiger partial charge in [0, 0.05) is 12.1 Å². The van der Waals surface area contributed by atoms with Gasteiger partial charge in [0.15, 0.2) is 11.5 Å². The molecular formula is C17H27NO2. The second kappa shape index (κ2) is 6.04. The van der Waals surface area contributed by atoms with Crippen LogP contribution in [0.25, 0.3) is 0 Å². The number of ether oxygens (including phenoxy) is 2. The van der Waals surface area contributed by atoms with Crippen LogP contribution < -0.4 is 14.8 Å². The Balaban J connectivity index is 1.78. The smallest absolute Gasteiger partial charge is 0.161 e. The predicted molar refractivity (Wildman–Crippen MR) is 82.5 cm³/mol. The molecule has 0 aromatic heterocycles. The van der Waals surface area contributed by atoms with Crippen LogP contribution in [0.1, 0.15) is 40.0 Å². The summed E-state index contributed by atoms with van der Waals surface area (Å²) in [7, 11) is 1.68. The number of nitrogens with one attached hydrogen (secondary N) is 1. The summed E-state index contributed by atoms with van der Waals surface area (Å²) in [4.78, 5) is 0. The highest BCUT2D eigenvalue weighted by atomic mass is 16.5. The summed E-state index contributed by atoms with van der Waals surface area (Å²) in [5.74, 6) is 1.65. The number of benzene rings is 1. The van der Waals surface area contributed by atoms with Gasteiger partial charge in [-0.1, -0.05) is 12.1 Å². The highest BCUT2D eigenvalue weighted by Gasteiger charge is 2.42. The van der Waals surface area contributed by atoms with Crippen LogP contribution in [0.15, 0.2) is 24.3 Å². The Morgan fingerprint density at radius 2 is 1.80 bits per heavy atom. The first kappa shape index (κ1) is 15.2. The Morgan fingerprint density at radius 1 is 1.15 bits per heavy atom. The molecule has 0 atom stereocenters. The lowest BCUT2D eigenvalue weighted by atomic mass is 10.0. The maximum atomic E-state index is 5.88. The summed E-state index contributed by atoms with van der Waals surface area (Å²) in [6.07, 6.45) is 3.73. The van der Waals surface area contributed by atoms with Gasteiger partial charge in [0.1, 0.15) is 0 Å². The second-order valence-corrected chi connectivity index (χ2v) is 6.85. The van der Waals surface area contributed by atoms with Crippen molar-refractivity contribution in [3.05, 3.63) is 24.3 Å². The second-order valence-electron chi connectivity index (χ2n) is 6.85. The molecule has 1 aliphatic rings. The lowest BCUT2D eigenvalue weighted by Crippen LogP contribution is -2.40. The Kier molecular flexibility index (Phi) is 4.59. The molecule has 0 bridgehead atoms. The molecule has 1 N–H and O–H groups in total. The molecule has 0 aliphatic heterocycles. The van der Waals surface area contributed by atoms with Crippen molar-refractivity contribution in [2.45, 2.75) is 45.6 Å². The van der Waals surface area contributed by atoms with Crippen LogP contribution >= 0.6 is 0 Å². The van der Waals surface area contributed by atoms with Gasteiger partial charge >= 0.3 is 0 Å². The average molecular weight is 277 g/mol. The van der Waals surface area contributed by atoms with Gasteiger partial charge < -0.3 is 14.8 Å². The number of methoxy groups -OCH3 is 1. The number of hydrogen-bond acceptors (Lipinski definition) is 3. The molecule has 112 valence electrons. The Bertz CT molecular complexity index is 433. The first-order valence-electron chi connectivity index (χ1n) is 7.45. The van der Waals surface area contributed by atoms with E-state index in [1.165, 1.54) is 12.8 Å². The molecule has 0 unspecified atom stereocenters. The van der Waals surface area contributed by atoms with E-state index in [0.717, 1.165) is 31.1 Å². The van der Waals surface area contributed by atoms with E-state index in [9.17, 15) is 0 Å². The maximum absolute atomic E-state index is 5.88. The number of hydrogen-bond donors (Lipinski definition) is 1. The average Bonchev–Trinajstić information content (AvgIpc) is 3.17. The molecule has 1 aromatic carbocycles. The molecular weight excluding hydrogens is 250 g/mol. The van der Waals surface area contributed by atoms with E-state index in [-0.39, 0.29) is 5.54 Å². The standard InChI is InChI=1S/C17H27NO2/c1-16(2,3)18-13-17(9-10-17)11-12-20-15-8-6-5-7-14(15)19-4/h5-8,18H,9-13H2,1-4H3. The van der Waals surface area contributed by atoms with E-state index in [0.29, 0.717) is 5.41 Å². The molecule has 0 heterocycles. The summed E-state index contributed by atoms with van der Waals surface area (Å²) in [6.45, 7) is 8.50. The normalized spacial score (nSPS) is 16.8. The fourth-order valence-electron chi connectivity index (χ4n) is 2.26. The first-order chi connectivity index (χ1) is 9.44. The van der Waals surface area contributed by atoms with Crippen molar-refractivity contribution in [1.82, 2.24) is 5.32 Å². The largest absolute Gasteiger partial charge is 0.493 e. The molecule has 1 fully saturated rings. The molecule has 0 amide bonds. The van der Waals surface area contributed by atoms with Crippen LogP contribution in [0.4, 0.5) is 0 Å². The minimum absolute atomic E-state index is 0.194. The minimum atomic E-state index is 0.194. The zero-order chi connectivity index (χ0) is 14.6. The fourth-order valence-corrected chi connectivity index (χ4v) is 2.26. The van der Waals surface area contributed by atoms with E-state index in [4.69, 9.17) is 9.47 Å².